The Morgan fingerprint density at radius 1 is 1.44 bits per heavy atom. The number of rotatable bonds is 6. The fourth-order valence-corrected chi connectivity index (χ4v) is 1.54. The van der Waals surface area contributed by atoms with E-state index >= 15 is 0 Å². The van der Waals surface area contributed by atoms with E-state index in [1.165, 1.54) is 11.1 Å². The van der Waals surface area contributed by atoms with Gasteiger partial charge in [-0.3, -0.25) is 0 Å². The predicted molar refractivity (Wildman–Crippen MR) is 66.9 cm³/mol. The summed E-state index contributed by atoms with van der Waals surface area (Å²) in [7, 11) is 1.71. The Hall–Kier alpha value is -1.30. The minimum atomic E-state index is 0.357. The summed E-state index contributed by atoms with van der Waals surface area (Å²) in [5.74, 6) is 2.65. The van der Waals surface area contributed by atoms with Gasteiger partial charge in [0.1, 0.15) is 0 Å². The molecule has 0 heterocycles. The first kappa shape index (κ1) is 12.8. The van der Waals surface area contributed by atoms with E-state index in [2.05, 4.69) is 42.4 Å². The second-order valence-corrected chi connectivity index (χ2v) is 3.94. The molecule has 16 heavy (non-hydrogen) atoms. The highest BCUT2D eigenvalue weighted by Crippen LogP contribution is 2.06. The van der Waals surface area contributed by atoms with E-state index in [0.29, 0.717) is 12.6 Å². The van der Waals surface area contributed by atoms with Gasteiger partial charge in [0.05, 0.1) is 6.61 Å². The second kappa shape index (κ2) is 7.05. The first-order valence-electron chi connectivity index (χ1n) is 5.50. The zero-order valence-corrected chi connectivity index (χ0v) is 9.99. The van der Waals surface area contributed by atoms with Gasteiger partial charge in [-0.25, -0.2) is 0 Å². The van der Waals surface area contributed by atoms with E-state index in [9.17, 15) is 0 Å². The van der Waals surface area contributed by atoms with E-state index in [0.717, 1.165) is 13.0 Å². The third kappa shape index (κ3) is 4.48. The molecule has 0 bridgehead atoms. The first-order chi connectivity index (χ1) is 7.76. The van der Waals surface area contributed by atoms with Crippen LogP contribution in [0.4, 0.5) is 0 Å². The van der Waals surface area contributed by atoms with Gasteiger partial charge >= 0.3 is 0 Å². The standard InChI is InChI=1S/C14H19NO/c1-4-6-12(2)15-10-13-7-5-8-14(9-13)11-16-3/h1,5,7-9,12,15H,6,10-11H2,2-3H3. The van der Waals surface area contributed by atoms with Crippen molar-refractivity contribution in [3.63, 3.8) is 0 Å². The molecular formula is C14H19NO. The largest absolute Gasteiger partial charge is 0.380 e. The molecule has 1 aromatic carbocycles. The Morgan fingerprint density at radius 2 is 2.19 bits per heavy atom. The first-order valence-corrected chi connectivity index (χ1v) is 5.50. The van der Waals surface area contributed by atoms with Crippen LogP contribution in [-0.4, -0.2) is 13.2 Å². The van der Waals surface area contributed by atoms with Crippen LogP contribution >= 0.6 is 0 Å². The summed E-state index contributed by atoms with van der Waals surface area (Å²) in [6.45, 7) is 3.60. The van der Waals surface area contributed by atoms with Gasteiger partial charge < -0.3 is 10.1 Å². The smallest absolute Gasteiger partial charge is 0.0713 e. The van der Waals surface area contributed by atoms with Crippen molar-refractivity contribution < 1.29 is 4.74 Å². The summed E-state index contributed by atoms with van der Waals surface area (Å²) in [5.41, 5.74) is 2.46. The van der Waals surface area contributed by atoms with Crippen LogP contribution in [0.1, 0.15) is 24.5 Å². The SMILES string of the molecule is C#CCC(C)NCc1cccc(COC)c1. The number of ether oxygens (including phenoxy) is 1. The van der Waals surface area contributed by atoms with Crippen LogP contribution in [0.3, 0.4) is 0 Å². The van der Waals surface area contributed by atoms with Crippen molar-refractivity contribution in [1.82, 2.24) is 5.32 Å². The van der Waals surface area contributed by atoms with Gasteiger partial charge in [0.2, 0.25) is 0 Å². The average Bonchev–Trinajstić information content (AvgIpc) is 2.28. The topological polar surface area (TPSA) is 21.3 Å². The van der Waals surface area contributed by atoms with E-state index < -0.39 is 0 Å². The van der Waals surface area contributed by atoms with E-state index in [1.54, 1.807) is 7.11 Å². The van der Waals surface area contributed by atoms with Crippen molar-refractivity contribution in [2.75, 3.05) is 7.11 Å². The van der Waals surface area contributed by atoms with Crippen molar-refractivity contribution in [2.24, 2.45) is 0 Å². The fourth-order valence-electron chi connectivity index (χ4n) is 1.54. The Labute approximate surface area is 98.0 Å². The molecule has 0 aliphatic carbocycles. The lowest BCUT2D eigenvalue weighted by atomic mass is 10.1. The maximum absolute atomic E-state index is 5.26. The summed E-state index contributed by atoms with van der Waals surface area (Å²) in [5, 5.41) is 3.39. The zero-order valence-electron chi connectivity index (χ0n) is 9.99. The van der Waals surface area contributed by atoms with Crippen LogP contribution in [0.5, 0.6) is 0 Å². The minimum absolute atomic E-state index is 0.357. The quantitative estimate of drug-likeness (QED) is 0.738. The molecule has 0 amide bonds. The van der Waals surface area contributed by atoms with Crippen LogP contribution in [0, 0.1) is 12.3 Å². The van der Waals surface area contributed by atoms with Gasteiger partial charge in [0.15, 0.2) is 0 Å². The Kier molecular flexibility index (Phi) is 5.63. The fraction of sp³-hybridized carbons (Fsp3) is 0.429. The van der Waals surface area contributed by atoms with Gasteiger partial charge in [0.25, 0.3) is 0 Å². The summed E-state index contributed by atoms with van der Waals surface area (Å²) in [6.07, 6.45) is 6.02. The average molecular weight is 217 g/mol. The molecule has 2 heteroatoms. The summed E-state index contributed by atoms with van der Waals surface area (Å²) in [4.78, 5) is 0. The highest BCUT2D eigenvalue weighted by Gasteiger charge is 2.00. The maximum atomic E-state index is 5.26. The van der Waals surface area contributed by atoms with Gasteiger partial charge in [-0.15, -0.1) is 12.3 Å². The molecule has 0 fully saturated rings. The summed E-state index contributed by atoms with van der Waals surface area (Å²) < 4.78 is 5.10. The Bertz CT molecular complexity index is 354. The molecule has 2 nitrogen and oxygen atoms in total. The van der Waals surface area contributed by atoms with Gasteiger partial charge in [-0.1, -0.05) is 24.3 Å². The van der Waals surface area contributed by atoms with Crippen molar-refractivity contribution in [3.05, 3.63) is 35.4 Å². The van der Waals surface area contributed by atoms with Gasteiger partial charge in [0, 0.05) is 26.1 Å². The molecule has 0 radical (unpaired) electrons. The lowest BCUT2D eigenvalue weighted by Gasteiger charge is -2.11. The third-order valence-corrected chi connectivity index (χ3v) is 2.38. The summed E-state index contributed by atoms with van der Waals surface area (Å²) in [6, 6.07) is 8.74. The Morgan fingerprint density at radius 3 is 2.88 bits per heavy atom. The molecule has 1 N–H and O–H groups in total. The van der Waals surface area contributed by atoms with E-state index in [1.807, 2.05) is 0 Å². The zero-order chi connectivity index (χ0) is 11.8. The predicted octanol–water partition coefficient (Wildman–Crippen LogP) is 2.33. The number of hydrogen-bond acceptors (Lipinski definition) is 2. The van der Waals surface area contributed by atoms with Crippen molar-refractivity contribution >= 4 is 0 Å². The molecule has 1 atom stereocenters. The molecule has 86 valence electrons. The highest BCUT2D eigenvalue weighted by atomic mass is 16.5. The molecule has 0 aliphatic rings. The van der Waals surface area contributed by atoms with Crippen LogP contribution in [0.2, 0.25) is 0 Å². The number of terminal acetylenes is 1. The van der Waals surface area contributed by atoms with Crippen LogP contribution in [0.25, 0.3) is 0 Å². The maximum Gasteiger partial charge on any atom is 0.0713 e. The third-order valence-electron chi connectivity index (χ3n) is 2.38. The number of methoxy groups -OCH3 is 1. The minimum Gasteiger partial charge on any atom is -0.380 e. The molecule has 1 rings (SSSR count). The van der Waals surface area contributed by atoms with Gasteiger partial charge in [-0.2, -0.15) is 0 Å². The molecule has 1 unspecified atom stereocenters. The van der Waals surface area contributed by atoms with Crippen molar-refractivity contribution in [3.8, 4) is 12.3 Å². The second-order valence-electron chi connectivity index (χ2n) is 3.94. The van der Waals surface area contributed by atoms with Gasteiger partial charge in [-0.05, 0) is 18.1 Å². The number of nitrogens with one attached hydrogen (secondary N) is 1. The van der Waals surface area contributed by atoms with Crippen LogP contribution in [0.15, 0.2) is 24.3 Å². The number of benzene rings is 1. The lowest BCUT2D eigenvalue weighted by molar-refractivity contribution is 0.185. The normalized spacial score (nSPS) is 12.1. The molecular weight excluding hydrogens is 198 g/mol. The highest BCUT2D eigenvalue weighted by molar-refractivity contribution is 5.22. The molecule has 0 saturated heterocycles. The van der Waals surface area contributed by atoms with E-state index in [-0.39, 0.29) is 0 Å². The van der Waals surface area contributed by atoms with Crippen molar-refractivity contribution in [2.45, 2.75) is 32.5 Å². The van der Waals surface area contributed by atoms with E-state index in [4.69, 9.17) is 11.2 Å². The lowest BCUT2D eigenvalue weighted by Crippen LogP contribution is -2.24. The number of hydrogen-bond donors (Lipinski definition) is 1. The molecule has 0 spiro atoms. The summed E-state index contributed by atoms with van der Waals surface area (Å²) >= 11 is 0. The molecule has 0 aromatic heterocycles. The van der Waals surface area contributed by atoms with Crippen LogP contribution in [-0.2, 0) is 17.9 Å². The Balaban J connectivity index is 2.47. The van der Waals surface area contributed by atoms with Crippen LogP contribution < -0.4 is 5.32 Å². The monoisotopic (exact) mass is 217 g/mol. The van der Waals surface area contributed by atoms with Crippen molar-refractivity contribution in [1.29, 1.82) is 0 Å². The molecule has 0 saturated carbocycles. The molecule has 1 aromatic rings. The molecule has 0 aliphatic heterocycles.